The van der Waals surface area contributed by atoms with E-state index in [4.69, 9.17) is 33.7 Å². The molecule has 1 heterocycles. The fourth-order valence-corrected chi connectivity index (χ4v) is 2.66. The summed E-state index contributed by atoms with van der Waals surface area (Å²) in [6, 6.07) is 10.8. The molecule has 0 saturated heterocycles. The third-order valence-corrected chi connectivity index (χ3v) is 3.43. The van der Waals surface area contributed by atoms with Crippen LogP contribution in [0.2, 0.25) is 10.0 Å². The Balaban J connectivity index is 2.27. The molecular weight excluding hydrogens is 297 g/mol. The predicted octanol–water partition coefficient (Wildman–Crippen LogP) is 3.92. The lowest BCUT2D eigenvalue weighted by Crippen LogP contribution is -2.00. The Kier molecular flexibility index (Phi) is 3.20. The van der Waals surface area contributed by atoms with Crippen LogP contribution in [0.15, 0.2) is 36.4 Å². The van der Waals surface area contributed by atoms with Crippen LogP contribution in [0.4, 0.5) is 5.95 Å². The summed E-state index contributed by atoms with van der Waals surface area (Å²) in [7, 11) is 1.61. The van der Waals surface area contributed by atoms with Crippen LogP contribution in [-0.2, 0) is 0 Å². The lowest BCUT2D eigenvalue weighted by Gasteiger charge is -2.08. The van der Waals surface area contributed by atoms with Crippen LogP contribution in [0, 0.1) is 0 Å². The maximum Gasteiger partial charge on any atom is 0.205 e. The van der Waals surface area contributed by atoms with E-state index >= 15 is 0 Å². The van der Waals surface area contributed by atoms with Gasteiger partial charge in [0.05, 0.1) is 23.8 Å². The first-order valence-corrected chi connectivity index (χ1v) is 6.62. The number of ether oxygens (including phenoxy) is 1. The van der Waals surface area contributed by atoms with Crippen molar-refractivity contribution in [3.05, 3.63) is 46.4 Å². The van der Waals surface area contributed by atoms with E-state index in [2.05, 4.69) is 4.98 Å². The van der Waals surface area contributed by atoms with E-state index in [0.29, 0.717) is 16.0 Å². The fourth-order valence-electron chi connectivity index (χ4n) is 2.15. The quantitative estimate of drug-likeness (QED) is 0.780. The molecule has 20 heavy (non-hydrogen) atoms. The highest BCUT2D eigenvalue weighted by atomic mass is 35.5. The minimum absolute atomic E-state index is 0.367. The standard InChI is InChI=1S/C14H11Cl2N3O/c1-20-11-2-3-13-12(7-11)18-14(17)19(13)10-5-8(15)4-9(16)6-10/h2-7H,1H3,(H2,17,18). The molecule has 0 aliphatic heterocycles. The number of benzene rings is 2. The number of nitrogens with two attached hydrogens (primary N) is 1. The maximum atomic E-state index is 6.04. The van der Waals surface area contributed by atoms with Crippen molar-refractivity contribution >= 4 is 40.2 Å². The summed E-state index contributed by atoms with van der Waals surface area (Å²) in [5.74, 6) is 1.10. The van der Waals surface area contributed by atoms with Gasteiger partial charge >= 0.3 is 0 Å². The summed E-state index contributed by atoms with van der Waals surface area (Å²) in [6.45, 7) is 0. The maximum absolute atomic E-state index is 6.04. The van der Waals surface area contributed by atoms with E-state index in [1.807, 2.05) is 18.2 Å². The number of nitrogen functional groups attached to an aromatic ring is 1. The SMILES string of the molecule is COc1ccc2c(c1)nc(N)n2-c1cc(Cl)cc(Cl)c1. The Hall–Kier alpha value is -1.91. The minimum Gasteiger partial charge on any atom is -0.497 e. The molecule has 0 aliphatic carbocycles. The molecular formula is C14H11Cl2N3O. The average Bonchev–Trinajstić information content (AvgIpc) is 2.72. The van der Waals surface area contributed by atoms with Gasteiger partial charge in [-0.3, -0.25) is 4.57 Å². The number of aromatic nitrogens is 2. The normalized spacial score (nSPS) is 10.9. The Morgan fingerprint density at radius 3 is 2.45 bits per heavy atom. The van der Waals surface area contributed by atoms with Crippen LogP contribution in [0.25, 0.3) is 16.7 Å². The molecule has 102 valence electrons. The van der Waals surface area contributed by atoms with Gasteiger partial charge in [-0.15, -0.1) is 0 Å². The van der Waals surface area contributed by atoms with Crippen molar-refractivity contribution in [3.63, 3.8) is 0 Å². The van der Waals surface area contributed by atoms with Crippen molar-refractivity contribution < 1.29 is 4.74 Å². The van der Waals surface area contributed by atoms with Crippen molar-refractivity contribution in [3.8, 4) is 11.4 Å². The molecule has 3 rings (SSSR count). The molecule has 2 N–H and O–H groups in total. The van der Waals surface area contributed by atoms with Crippen LogP contribution >= 0.6 is 23.2 Å². The van der Waals surface area contributed by atoms with Gasteiger partial charge in [-0.05, 0) is 30.3 Å². The third-order valence-electron chi connectivity index (χ3n) is 2.99. The Labute approximate surface area is 125 Å². The van der Waals surface area contributed by atoms with Crippen LogP contribution in [0.3, 0.4) is 0 Å². The Morgan fingerprint density at radius 1 is 1.10 bits per heavy atom. The van der Waals surface area contributed by atoms with Crippen LogP contribution in [0.1, 0.15) is 0 Å². The highest BCUT2D eigenvalue weighted by molar-refractivity contribution is 6.34. The number of hydrogen-bond donors (Lipinski definition) is 1. The molecule has 0 bridgehead atoms. The minimum atomic E-state index is 0.367. The van der Waals surface area contributed by atoms with Crippen molar-refractivity contribution in [1.82, 2.24) is 9.55 Å². The number of hydrogen-bond acceptors (Lipinski definition) is 3. The first-order valence-electron chi connectivity index (χ1n) is 5.87. The molecule has 0 radical (unpaired) electrons. The number of nitrogens with zero attached hydrogens (tertiary/aromatic N) is 2. The topological polar surface area (TPSA) is 53.1 Å². The van der Waals surface area contributed by atoms with E-state index in [0.717, 1.165) is 22.5 Å². The van der Waals surface area contributed by atoms with E-state index in [9.17, 15) is 0 Å². The number of imidazole rings is 1. The van der Waals surface area contributed by atoms with Crippen molar-refractivity contribution in [2.75, 3.05) is 12.8 Å². The molecule has 0 atom stereocenters. The Bertz CT molecular complexity index is 778. The van der Waals surface area contributed by atoms with Crippen LogP contribution in [-0.4, -0.2) is 16.7 Å². The molecule has 0 aliphatic rings. The monoisotopic (exact) mass is 307 g/mol. The van der Waals surface area contributed by atoms with E-state index < -0.39 is 0 Å². The summed E-state index contributed by atoms with van der Waals surface area (Å²) in [4.78, 5) is 4.33. The van der Waals surface area contributed by atoms with Crippen molar-refractivity contribution in [2.24, 2.45) is 0 Å². The van der Waals surface area contributed by atoms with Gasteiger partial charge in [-0.2, -0.15) is 0 Å². The van der Waals surface area contributed by atoms with Gasteiger partial charge in [0.25, 0.3) is 0 Å². The number of fused-ring (bicyclic) bond motifs is 1. The van der Waals surface area contributed by atoms with E-state index in [1.165, 1.54) is 0 Å². The van der Waals surface area contributed by atoms with Crippen LogP contribution in [0.5, 0.6) is 5.75 Å². The molecule has 4 nitrogen and oxygen atoms in total. The third kappa shape index (κ3) is 2.17. The summed E-state index contributed by atoms with van der Waals surface area (Å²) < 4.78 is 6.98. The second-order valence-electron chi connectivity index (χ2n) is 4.29. The lowest BCUT2D eigenvalue weighted by atomic mass is 10.2. The second kappa shape index (κ2) is 4.89. The Morgan fingerprint density at radius 2 is 1.80 bits per heavy atom. The molecule has 3 aromatic rings. The first-order chi connectivity index (χ1) is 9.58. The summed E-state index contributed by atoms with van der Waals surface area (Å²) in [5.41, 5.74) is 8.38. The van der Waals surface area contributed by atoms with Gasteiger partial charge in [0, 0.05) is 16.1 Å². The number of rotatable bonds is 2. The zero-order valence-electron chi connectivity index (χ0n) is 10.6. The summed E-state index contributed by atoms with van der Waals surface area (Å²) in [5, 5.41) is 1.09. The molecule has 2 aromatic carbocycles. The van der Waals surface area contributed by atoms with E-state index in [-0.39, 0.29) is 0 Å². The van der Waals surface area contributed by atoms with Gasteiger partial charge in [-0.25, -0.2) is 4.98 Å². The first kappa shape index (κ1) is 13.1. The van der Waals surface area contributed by atoms with E-state index in [1.54, 1.807) is 29.9 Å². The fraction of sp³-hybridized carbons (Fsp3) is 0.0714. The van der Waals surface area contributed by atoms with Gasteiger partial charge in [0.2, 0.25) is 5.95 Å². The summed E-state index contributed by atoms with van der Waals surface area (Å²) in [6.07, 6.45) is 0. The van der Waals surface area contributed by atoms with Crippen molar-refractivity contribution in [1.29, 1.82) is 0 Å². The molecule has 0 spiro atoms. The van der Waals surface area contributed by atoms with Crippen LogP contribution < -0.4 is 10.5 Å². The average molecular weight is 308 g/mol. The summed E-state index contributed by atoms with van der Waals surface area (Å²) >= 11 is 12.1. The molecule has 0 amide bonds. The lowest BCUT2D eigenvalue weighted by molar-refractivity contribution is 0.415. The van der Waals surface area contributed by atoms with Gasteiger partial charge in [0.1, 0.15) is 5.75 Å². The molecule has 0 unspecified atom stereocenters. The molecule has 6 heteroatoms. The zero-order chi connectivity index (χ0) is 14.3. The largest absolute Gasteiger partial charge is 0.497 e. The highest BCUT2D eigenvalue weighted by Gasteiger charge is 2.12. The second-order valence-corrected chi connectivity index (χ2v) is 5.16. The molecule has 0 fully saturated rings. The number of halogens is 2. The smallest absolute Gasteiger partial charge is 0.205 e. The number of anilines is 1. The molecule has 0 saturated carbocycles. The zero-order valence-corrected chi connectivity index (χ0v) is 12.1. The van der Waals surface area contributed by atoms with Gasteiger partial charge in [-0.1, -0.05) is 23.2 Å². The highest BCUT2D eigenvalue weighted by Crippen LogP contribution is 2.29. The molecule has 1 aromatic heterocycles. The van der Waals surface area contributed by atoms with Gasteiger partial charge < -0.3 is 10.5 Å². The van der Waals surface area contributed by atoms with Gasteiger partial charge in [0.15, 0.2) is 0 Å². The predicted molar refractivity (Wildman–Crippen MR) is 82.1 cm³/mol. The number of methoxy groups -OCH3 is 1. The van der Waals surface area contributed by atoms with Crippen molar-refractivity contribution in [2.45, 2.75) is 0 Å².